The molecule has 7 heteroatoms. The van der Waals surface area contributed by atoms with Crippen molar-refractivity contribution < 1.29 is 14.3 Å². The number of imidazole rings is 1. The van der Waals surface area contributed by atoms with Crippen molar-refractivity contribution in [3.63, 3.8) is 0 Å². The van der Waals surface area contributed by atoms with Gasteiger partial charge in [0.15, 0.2) is 0 Å². The van der Waals surface area contributed by atoms with Crippen LogP contribution >= 0.6 is 0 Å². The van der Waals surface area contributed by atoms with Gasteiger partial charge in [-0.15, -0.1) is 0 Å². The third kappa shape index (κ3) is 4.25. The Morgan fingerprint density at radius 2 is 2.22 bits per heavy atom. The largest absolute Gasteiger partial charge is 0.497 e. The lowest BCUT2D eigenvalue weighted by Crippen LogP contribution is -2.48. The van der Waals surface area contributed by atoms with E-state index in [9.17, 15) is 4.79 Å². The summed E-state index contributed by atoms with van der Waals surface area (Å²) < 4.78 is 10.7. The van der Waals surface area contributed by atoms with Crippen LogP contribution in [0.25, 0.3) is 11.0 Å². The predicted molar refractivity (Wildman–Crippen MR) is 103 cm³/mol. The molecule has 146 valence electrons. The number of likely N-dealkylation sites (tertiary alicyclic amines) is 1. The number of hydrogen-bond donors (Lipinski definition) is 2. The number of H-pyrrole nitrogens is 1. The first-order valence-corrected chi connectivity index (χ1v) is 9.85. The molecular weight excluding hydrogens is 344 g/mol. The molecule has 0 bridgehead atoms. The Morgan fingerprint density at radius 3 is 3.04 bits per heavy atom. The molecule has 3 heterocycles. The summed E-state index contributed by atoms with van der Waals surface area (Å²) in [5.74, 6) is 1.75. The normalized spacial score (nSPS) is 22.0. The van der Waals surface area contributed by atoms with Crippen LogP contribution in [0.2, 0.25) is 0 Å². The van der Waals surface area contributed by atoms with Crippen molar-refractivity contribution in [3.8, 4) is 5.75 Å². The van der Waals surface area contributed by atoms with E-state index >= 15 is 0 Å². The molecule has 0 aliphatic carbocycles. The van der Waals surface area contributed by atoms with E-state index in [0.29, 0.717) is 12.6 Å². The van der Waals surface area contributed by atoms with Crippen molar-refractivity contribution in [3.05, 3.63) is 24.0 Å². The molecular formula is C20H28N4O3. The molecule has 2 aromatic rings. The summed E-state index contributed by atoms with van der Waals surface area (Å²) in [5, 5.41) is 3.07. The first-order valence-electron chi connectivity index (χ1n) is 9.85. The molecule has 1 unspecified atom stereocenters. The SMILES string of the molecule is COc1ccc2nc(CNC(=O)C3CCCN(C4CCOCC4)C3)[nH]c2c1. The first-order chi connectivity index (χ1) is 13.2. The summed E-state index contributed by atoms with van der Waals surface area (Å²) >= 11 is 0. The van der Waals surface area contributed by atoms with Gasteiger partial charge in [-0.1, -0.05) is 0 Å². The number of aromatic amines is 1. The second kappa shape index (κ2) is 8.27. The molecule has 1 amide bonds. The number of carbonyl (C=O) groups is 1. The van der Waals surface area contributed by atoms with E-state index in [1.807, 2.05) is 18.2 Å². The number of amides is 1. The van der Waals surface area contributed by atoms with Gasteiger partial charge < -0.3 is 19.8 Å². The molecule has 0 radical (unpaired) electrons. The fraction of sp³-hybridized carbons (Fsp3) is 0.600. The number of methoxy groups -OCH3 is 1. The van der Waals surface area contributed by atoms with Crippen molar-refractivity contribution >= 4 is 16.9 Å². The minimum absolute atomic E-state index is 0.0612. The van der Waals surface area contributed by atoms with Crippen LogP contribution < -0.4 is 10.1 Å². The van der Waals surface area contributed by atoms with Crippen LogP contribution in [-0.2, 0) is 16.1 Å². The van der Waals surface area contributed by atoms with Crippen molar-refractivity contribution in [1.29, 1.82) is 0 Å². The van der Waals surface area contributed by atoms with Gasteiger partial charge in [0.05, 0.1) is 30.6 Å². The molecule has 2 aliphatic rings. The number of rotatable bonds is 5. The minimum Gasteiger partial charge on any atom is -0.497 e. The zero-order valence-corrected chi connectivity index (χ0v) is 15.9. The maximum atomic E-state index is 12.7. The number of benzene rings is 1. The lowest BCUT2D eigenvalue weighted by molar-refractivity contribution is -0.127. The first kappa shape index (κ1) is 18.3. The Hall–Kier alpha value is -2.12. The predicted octanol–water partition coefficient (Wildman–Crippen LogP) is 2.08. The summed E-state index contributed by atoms with van der Waals surface area (Å²) in [4.78, 5) is 23.0. The number of carbonyl (C=O) groups excluding carboxylic acids is 1. The van der Waals surface area contributed by atoms with Crippen LogP contribution in [0.1, 0.15) is 31.5 Å². The smallest absolute Gasteiger partial charge is 0.224 e. The molecule has 1 aromatic heterocycles. The van der Waals surface area contributed by atoms with Gasteiger partial charge in [-0.2, -0.15) is 0 Å². The Kier molecular flexibility index (Phi) is 5.59. The molecule has 0 saturated carbocycles. The molecule has 1 atom stereocenters. The Morgan fingerprint density at radius 1 is 1.37 bits per heavy atom. The molecule has 27 heavy (non-hydrogen) atoms. The highest BCUT2D eigenvalue weighted by Crippen LogP contribution is 2.23. The highest BCUT2D eigenvalue weighted by molar-refractivity contribution is 5.79. The third-order valence-electron chi connectivity index (χ3n) is 5.70. The summed E-state index contributed by atoms with van der Waals surface area (Å²) in [5.41, 5.74) is 1.80. The van der Waals surface area contributed by atoms with Gasteiger partial charge in [-0.25, -0.2) is 4.98 Å². The average molecular weight is 372 g/mol. The summed E-state index contributed by atoms with van der Waals surface area (Å²) in [7, 11) is 1.65. The van der Waals surface area contributed by atoms with Crippen LogP contribution in [0.5, 0.6) is 5.75 Å². The maximum absolute atomic E-state index is 12.7. The van der Waals surface area contributed by atoms with E-state index < -0.39 is 0 Å². The number of nitrogens with zero attached hydrogens (tertiary/aromatic N) is 2. The van der Waals surface area contributed by atoms with Gasteiger partial charge >= 0.3 is 0 Å². The van der Waals surface area contributed by atoms with Crippen LogP contribution in [0.4, 0.5) is 0 Å². The lowest BCUT2D eigenvalue weighted by atomic mass is 9.94. The fourth-order valence-corrected chi connectivity index (χ4v) is 4.17. The maximum Gasteiger partial charge on any atom is 0.224 e. The van der Waals surface area contributed by atoms with Crippen molar-refractivity contribution in [2.24, 2.45) is 5.92 Å². The number of fused-ring (bicyclic) bond motifs is 1. The molecule has 4 rings (SSSR count). The number of hydrogen-bond acceptors (Lipinski definition) is 5. The average Bonchev–Trinajstić information content (AvgIpc) is 3.14. The molecule has 1 aromatic carbocycles. The van der Waals surface area contributed by atoms with Crippen LogP contribution in [0.3, 0.4) is 0 Å². The van der Waals surface area contributed by atoms with Crippen molar-refractivity contribution in [2.75, 3.05) is 33.4 Å². The van der Waals surface area contributed by atoms with E-state index in [1.165, 1.54) is 0 Å². The highest BCUT2D eigenvalue weighted by Gasteiger charge is 2.30. The molecule has 2 N–H and O–H groups in total. The zero-order chi connectivity index (χ0) is 18.6. The van der Waals surface area contributed by atoms with Gasteiger partial charge in [0.25, 0.3) is 0 Å². The highest BCUT2D eigenvalue weighted by atomic mass is 16.5. The van der Waals surface area contributed by atoms with Crippen LogP contribution in [0.15, 0.2) is 18.2 Å². The summed E-state index contributed by atoms with van der Waals surface area (Å²) in [6.45, 7) is 4.06. The van der Waals surface area contributed by atoms with Gasteiger partial charge in [-0.3, -0.25) is 9.69 Å². The number of piperidine rings is 1. The molecule has 0 spiro atoms. The van der Waals surface area contributed by atoms with Gasteiger partial charge in [-0.05, 0) is 44.4 Å². The summed E-state index contributed by atoms with van der Waals surface area (Å²) in [6.07, 6.45) is 4.20. The third-order valence-corrected chi connectivity index (χ3v) is 5.70. The van der Waals surface area contributed by atoms with Crippen LogP contribution in [-0.4, -0.2) is 60.2 Å². The number of nitrogens with one attached hydrogen (secondary N) is 2. The van der Waals surface area contributed by atoms with Gasteiger partial charge in [0, 0.05) is 31.9 Å². The Labute approximate surface area is 159 Å². The van der Waals surface area contributed by atoms with Crippen molar-refractivity contribution in [2.45, 2.75) is 38.3 Å². The molecule has 2 saturated heterocycles. The standard InChI is InChI=1S/C20H28N4O3/c1-26-16-4-5-17-18(11-16)23-19(22-17)12-21-20(25)14-3-2-8-24(13-14)15-6-9-27-10-7-15/h4-5,11,14-15H,2-3,6-10,12-13H2,1H3,(H,21,25)(H,22,23). The van der Waals surface area contributed by atoms with Crippen LogP contribution in [0, 0.1) is 5.92 Å². The van der Waals surface area contributed by atoms with E-state index in [-0.39, 0.29) is 11.8 Å². The fourth-order valence-electron chi connectivity index (χ4n) is 4.17. The summed E-state index contributed by atoms with van der Waals surface area (Å²) in [6, 6.07) is 6.29. The van der Waals surface area contributed by atoms with Gasteiger partial charge in [0.2, 0.25) is 5.91 Å². The monoisotopic (exact) mass is 372 g/mol. The van der Waals surface area contributed by atoms with Crippen molar-refractivity contribution in [1.82, 2.24) is 20.2 Å². The minimum atomic E-state index is 0.0612. The van der Waals surface area contributed by atoms with E-state index in [0.717, 1.165) is 74.6 Å². The second-order valence-electron chi connectivity index (χ2n) is 7.46. The Bertz CT molecular complexity index is 785. The topological polar surface area (TPSA) is 79.5 Å². The lowest BCUT2D eigenvalue weighted by Gasteiger charge is -2.39. The van der Waals surface area contributed by atoms with E-state index in [4.69, 9.17) is 9.47 Å². The number of ether oxygens (including phenoxy) is 2. The zero-order valence-electron chi connectivity index (χ0n) is 15.9. The second-order valence-corrected chi connectivity index (χ2v) is 7.46. The molecule has 2 fully saturated rings. The molecule has 2 aliphatic heterocycles. The van der Waals surface area contributed by atoms with E-state index in [2.05, 4.69) is 20.2 Å². The number of aromatic nitrogens is 2. The van der Waals surface area contributed by atoms with Gasteiger partial charge in [0.1, 0.15) is 11.6 Å². The quantitative estimate of drug-likeness (QED) is 0.840. The van der Waals surface area contributed by atoms with E-state index in [1.54, 1.807) is 7.11 Å². The molecule has 7 nitrogen and oxygen atoms in total. The Balaban J connectivity index is 1.33.